The molecule has 118 valence electrons. The van der Waals surface area contributed by atoms with Crippen molar-refractivity contribution in [3.8, 4) is 0 Å². The van der Waals surface area contributed by atoms with Gasteiger partial charge in [-0.25, -0.2) is 0 Å². The molecule has 0 radical (unpaired) electrons. The van der Waals surface area contributed by atoms with Crippen LogP contribution < -0.4 is 0 Å². The summed E-state index contributed by atoms with van der Waals surface area (Å²) in [6.45, 7) is 0.947. The van der Waals surface area contributed by atoms with Crippen molar-refractivity contribution in [2.45, 2.75) is 12.8 Å². The summed E-state index contributed by atoms with van der Waals surface area (Å²) in [5, 5.41) is 38.7. The molecule has 22 heavy (non-hydrogen) atoms. The maximum absolute atomic E-state index is 11.6. The Balaban J connectivity index is 3.65. The first-order chi connectivity index (χ1) is 10.2. The Morgan fingerprint density at radius 2 is 1.86 bits per heavy atom. The number of hydrogen-bond donors (Lipinski definition) is 3. The number of benzene rings is 1. The fraction of sp³-hybridized carbons (Fsp3) is 0.231. The number of carboxylic acids is 1. The summed E-state index contributed by atoms with van der Waals surface area (Å²) in [6.07, 6.45) is 0. The molecule has 3 N–H and O–H groups in total. The summed E-state index contributed by atoms with van der Waals surface area (Å²) in [5.41, 5.74) is -1.19. The van der Waals surface area contributed by atoms with Gasteiger partial charge in [-0.1, -0.05) is 23.7 Å². The van der Waals surface area contributed by atoms with Gasteiger partial charge in [-0.15, -0.1) is 0 Å². The van der Waals surface area contributed by atoms with Gasteiger partial charge in [0, 0.05) is 5.02 Å². The van der Waals surface area contributed by atoms with E-state index in [2.05, 4.69) is 0 Å². The highest BCUT2D eigenvalue weighted by atomic mass is 35.5. The molecule has 0 heterocycles. The molecular weight excluding hydrogens is 318 g/mol. The number of aliphatic hydroxyl groups is 2. The van der Waals surface area contributed by atoms with E-state index >= 15 is 0 Å². The molecule has 1 rings (SSSR count). The summed E-state index contributed by atoms with van der Waals surface area (Å²) >= 11 is 5.77. The Labute approximate surface area is 129 Å². The van der Waals surface area contributed by atoms with E-state index in [9.17, 15) is 24.8 Å². The molecule has 0 aliphatic rings. The van der Waals surface area contributed by atoms with Gasteiger partial charge in [-0.05, 0) is 24.6 Å². The normalized spacial score (nSPS) is 13.0. The zero-order valence-corrected chi connectivity index (χ0v) is 12.0. The van der Waals surface area contributed by atoms with E-state index in [0.29, 0.717) is 0 Å². The number of allylic oxidation sites excluding steroid dienone is 1. The molecule has 1 aromatic rings. The highest BCUT2D eigenvalue weighted by Crippen LogP contribution is 2.35. The lowest BCUT2D eigenvalue weighted by atomic mass is 9.81. The van der Waals surface area contributed by atoms with E-state index in [-0.39, 0.29) is 10.6 Å². The minimum Gasteiger partial charge on any atom is -0.481 e. The van der Waals surface area contributed by atoms with Gasteiger partial charge in [0.15, 0.2) is 0 Å². The molecule has 0 fully saturated rings. The summed E-state index contributed by atoms with van der Waals surface area (Å²) in [4.78, 5) is 32.9. The topological polar surface area (TPSA) is 138 Å². The number of aliphatic carboxylic acids is 1. The van der Waals surface area contributed by atoms with Gasteiger partial charge in [0.05, 0.1) is 4.92 Å². The van der Waals surface area contributed by atoms with Crippen LogP contribution in [0.2, 0.25) is 5.02 Å². The van der Waals surface area contributed by atoms with Crippen LogP contribution >= 0.6 is 11.6 Å². The molecule has 0 saturated heterocycles. The monoisotopic (exact) mass is 329 g/mol. The van der Waals surface area contributed by atoms with Crippen molar-refractivity contribution in [3.05, 3.63) is 56.6 Å². The number of halogens is 1. The summed E-state index contributed by atoms with van der Waals surface area (Å²) in [6, 6.07) is 5.37. The van der Waals surface area contributed by atoms with Gasteiger partial charge in [-0.2, -0.15) is 0 Å². The summed E-state index contributed by atoms with van der Waals surface area (Å²) < 4.78 is 0. The van der Waals surface area contributed by atoms with Crippen molar-refractivity contribution in [2.24, 2.45) is 5.92 Å². The molecule has 9 heteroatoms. The van der Waals surface area contributed by atoms with Crippen LogP contribution in [0, 0.1) is 16.0 Å². The first kappa shape index (κ1) is 17.4. The van der Waals surface area contributed by atoms with E-state index < -0.39 is 40.2 Å². The zero-order valence-electron chi connectivity index (χ0n) is 11.3. The lowest BCUT2D eigenvalue weighted by molar-refractivity contribution is -0.436. The van der Waals surface area contributed by atoms with Crippen molar-refractivity contribution in [3.63, 3.8) is 0 Å². The van der Waals surface area contributed by atoms with Gasteiger partial charge >= 0.3 is 17.6 Å². The van der Waals surface area contributed by atoms with Crippen LogP contribution in [-0.4, -0.2) is 32.0 Å². The quantitative estimate of drug-likeness (QED) is 0.315. The Morgan fingerprint density at radius 3 is 2.23 bits per heavy atom. The lowest BCUT2D eigenvalue weighted by Crippen LogP contribution is -2.32. The molecule has 0 aliphatic carbocycles. The number of ketones is 1. The average molecular weight is 330 g/mol. The number of nitrogens with zero attached hydrogens (tertiary/aromatic N) is 1. The van der Waals surface area contributed by atoms with Crippen molar-refractivity contribution in [2.75, 3.05) is 0 Å². The number of carbonyl (C=O) groups excluding carboxylic acids is 1. The molecule has 0 spiro atoms. The molecule has 0 aliphatic heterocycles. The first-order valence-corrected chi connectivity index (χ1v) is 6.29. The number of rotatable bonds is 6. The van der Waals surface area contributed by atoms with Crippen molar-refractivity contribution in [1.29, 1.82) is 0 Å². The van der Waals surface area contributed by atoms with Crippen LogP contribution in [0.1, 0.15) is 18.4 Å². The van der Waals surface area contributed by atoms with Crippen LogP contribution in [-0.2, 0) is 9.59 Å². The largest absolute Gasteiger partial charge is 0.481 e. The minimum absolute atomic E-state index is 0.00222. The molecule has 0 bridgehead atoms. The van der Waals surface area contributed by atoms with Gasteiger partial charge < -0.3 is 15.3 Å². The maximum atomic E-state index is 11.6. The SMILES string of the molecule is CC(=O)C(C(=O)O)C(C(=C(O)O)[N+](=O)[O-])c1cccc(Cl)c1. The number of Topliss-reactive ketones (excluding diaryl/α,β-unsaturated/α-hetero) is 1. The van der Waals surface area contributed by atoms with Gasteiger partial charge in [-0.3, -0.25) is 19.7 Å². The molecule has 0 saturated carbocycles. The Hall–Kier alpha value is -2.61. The molecular formula is C13H12ClNO7. The molecule has 8 nitrogen and oxygen atoms in total. The number of hydrogen-bond acceptors (Lipinski definition) is 6. The van der Waals surface area contributed by atoms with E-state index in [4.69, 9.17) is 21.8 Å². The van der Waals surface area contributed by atoms with Crippen molar-refractivity contribution >= 4 is 23.4 Å². The van der Waals surface area contributed by atoms with E-state index in [1.165, 1.54) is 24.3 Å². The van der Waals surface area contributed by atoms with Crippen LogP contribution in [0.15, 0.2) is 35.9 Å². The van der Waals surface area contributed by atoms with Crippen LogP contribution in [0.25, 0.3) is 0 Å². The lowest BCUT2D eigenvalue weighted by Gasteiger charge is -2.20. The average Bonchev–Trinajstić information content (AvgIpc) is 2.35. The van der Waals surface area contributed by atoms with Crippen LogP contribution in [0.3, 0.4) is 0 Å². The summed E-state index contributed by atoms with van der Waals surface area (Å²) in [7, 11) is 0. The van der Waals surface area contributed by atoms with Crippen molar-refractivity contribution in [1.82, 2.24) is 0 Å². The molecule has 0 amide bonds. The van der Waals surface area contributed by atoms with E-state index in [1.54, 1.807) is 0 Å². The van der Waals surface area contributed by atoms with E-state index in [0.717, 1.165) is 6.92 Å². The molecule has 1 aromatic carbocycles. The Bertz CT molecular complexity index is 638. The third-order valence-corrected chi connectivity index (χ3v) is 3.20. The molecule has 2 unspecified atom stereocenters. The minimum atomic E-state index is -1.87. The number of aliphatic hydroxyl groups excluding tert-OH is 1. The second-order valence-corrected chi connectivity index (χ2v) is 4.86. The van der Waals surface area contributed by atoms with Crippen LogP contribution in [0.4, 0.5) is 0 Å². The highest BCUT2D eigenvalue weighted by Gasteiger charge is 2.44. The van der Waals surface area contributed by atoms with Gasteiger partial charge in [0.2, 0.25) is 0 Å². The van der Waals surface area contributed by atoms with Crippen molar-refractivity contribution < 1.29 is 29.8 Å². The fourth-order valence-electron chi connectivity index (χ4n) is 2.09. The number of carboxylic acid groups (broad SMARTS) is 1. The number of carbonyl (C=O) groups is 2. The van der Waals surface area contributed by atoms with E-state index in [1.807, 2.05) is 0 Å². The fourth-order valence-corrected chi connectivity index (χ4v) is 2.29. The van der Waals surface area contributed by atoms with Gasteiger partial charge in [0.1, 0.15) is 17.6 Å². The predicted octanol–water partition coefficient (Wildman–Crippen LogP) is 2.28. The first-order valence-electron chi connectivity index (χ1n) is 5.92. The second-order valence-electron chi connectivity index (χ2n) is 4.43. The Morgan fingerprint density at radius 1 is 1.27 bits per heavy atom. The highest BCUT2D eigenvalue weighted by molar-refractivity contribution is 6.30. The zero-order chi connectivity index (χ0) is 17.0. The maximum Gasteiger partial charge on any atom is 0.351 e. The third kappa shape index (κ3) is 3.73. The van der Waals surface area contributed by atoms with Gasteiger partial charge in [0.25, 0.3) is 0 Å². The molecule has 0 aromatic heterocycles. The standard InChI is InChI=1S/C13H12ClNO7/c1-6(16)9(12(17)18)10(11(13(19)20)15(21)22)7-3-2-4-8(14)5-7/h2-5,9-10,19-20H,1H3,(H,17,18). The number of nitro groups is 1. The summed E-state index contributed by atoms with van der Waals surface area (Å²) in [5.74, 6) is -7.74. The van der Waals surface area contributed by atoms with Crippen LogP contribution in [0.5, 0.6) is 0 Å². The smallest absolute Gasteiger partial charge is 0.351 e. The second kappa shape index (κ2) is 6.90. The Kier molecular flexibility index (Phi) is 5.47. The molecule has 2 atom stereocenters. The predicted molar refractivity (Wildman–Crippen MR) is 75.3 cm³/mol. The third-order valence-electron chi connectivity index (χ3n) is 2.97.